The number of nitrogens with zero attached hydrogens (tertiary/aromatic N) is 1. The zero-order chi connectivity index (χ0) is 15.1. The van der Waals surface area contributed by atoms with E-state index in [9.17, 15) is 5.11 Å². The van der Waals surface area contributed by atoms with E-state index in [1.807, 2.05) is 30.3 Å². The third kappa shape index (κ3) is 5.30. The highest BCUT2D eigenvalue weighted by Crippen LogP contribution is 2.24. The molecule has 0 unspecified atom stereocenters. The summed E-state index contributed by atoms with van der Waals surface area (Å²) >= 11 is 0. The molecule has 118 valence electrons. The van der Waals surface area contributed by atoms with Crippen molar-refractivity contribution in [2.24, 2.45) is 0 Å². The molecule has 0 spiro atoms. The summed E-state index contributed by atoms with van der Waals surface area (Å²) in [6.07, 6.45) is 3.61. The van der Waals surface area contributed by atoms with Gasteiger partial charge in [-0.2, -0.15) is 0 Å². The van der Waals surface area contributed by atoms with Crippen LogP contribution in [0, 0.1) is 0 Å². The van der Waals surface area contributed by atoms with E-state index in [0.29, 0.717) is 0 Å². The molecule has 0 radical (unpaired) electrons. The Bertz CT molecular complexity index is 397. The summed E-state index contributed by atoms with van der Waals surface area (Å²) < 4.78 is 5.94. The molecule has 1 saturated carbocycles. The van der Waals surface area contributed by atoms with Crippen LogP contribution in [0.5, 0.6) is 5.75 Å². The fourth-order valence-electron chi connectivity index (χ4n) is 2.85. The highest BCUT2D eigenvalue weighted by atomic mass is 16.5. The van der Waals surface area contributed by atoms with Crippen molar-refractivity contribution in [3.8, 4) is 5.75 Å². The van der Waals surface area contributed by atoms with Crippen molar-refractivity contribution >= 4 is 0 Å². The molecular weight excluding hydrogens is 264 g/mol. The van der Waals surface area contributed by atoms with Gasteiger partial charge in [0.25, 0.3) is 0 Å². The van der Waals surface area contributed by atoms with Gasteiger partial charge in [-0.15, -0.1) is 0 Å². The number of rotatable bonds is 7. The molecule has 1 aliphatic carbocycles. The van der Waals surface area contributed by atoms with E-state index >= 15 is 0 Å². The van der Waals surface area contributed by atoms with Crippen molar-refractivity contribution in [3.05, 3.63) is 30.3 Å². The van der Waals surface area contributed by atoms with Gasteiger partial charge < -0.3 is 20.1 Å². The van der Waals surface area contributed by atoms with Crippen molar-refractivity contribution in [2.75, 3.05) is 27.2 Å². The molecule has 1 fully saturated rings. The Labute approximate surface area is 128 Å². The highest BCUT2D eigenvalue weighted by molar-refractivity contribution is 5.21. The lowest BCUT2D eigenvalue weighted by Gasteiger charge is -2.35. The second kappa shape index (κ2) is 8.37. The maximum atomic E-state index is 10.5. The third-order valence-corrected chi connectivity index (χ3v) is 4.02. The molecule has 2 rings (SSSR count). The summed E-state index contributed by atoms with van der Waals surface area (Å²) in [7, 11) is 4.17. The van der Waals surface area contributed by atoms with Crippen molar-refractivity contribution in [1.29, 1.82) is 0 Å². The van der Waals surface area contributed by atoms with Crippen molar-refractivity contribution in [3.63, 3.8) is 0 Å². The average Bonchev–Trinajstić information content (AvgIpc) is 2.48. The Hall–Kier alpha value is -1.10. The molecule has 21 heavy (non-hydrogen) atoms. The van der Waals surface area contributed by atoms with Gasteiger partial charge in [0.05, 0.1) is 0 Å². The highest BCUT2D eigenvalue weighted by Gasteiger charge is 2.32. The van der Waals surface area contributed by atoms with E-state index in [4.69, 9.17) is 4.74 Å². The smallest absolute Gasteiger partial charge is 0.126 e. The number of benzene rings is 1. The molecule has 1 aromatic rings. The first-order valence-corrected chi connectivity index (χ1v) is 7.94. The Kier molecular flexibility index (Phi) is 6.49. The van der Waals surface area contributed by atoms with Crippen LogP contribution < -0.4 is 10.1 Å². The summed E-state index contributed by atoms with van der Waals surface area (Å²) in [5.74, 6) is 0.842. The summed E-state index contributed by atoms with van der Waals surface area (Å²) in [5.41, 5.74) is 0. The molecule has 4 nitrogen and oxygen atoms in total. The van der Waals surface area contributed by atoms with Crippen molar-refractivity contribution in [1.82, 2.24) is 10.2 Å². The van der Waals surface area contributed by atoms with Crippen LogP contribution in [-0.4, -0.2) is 55.4 Å². The van der Waals surface area contributed by atoms with E-state index in [-0.39, 0.29) is 12.1 Å². The van der Waals surface area contributed by atoms with Crippen LogP contribution in [0.15, 0.2) is 30.3 Å². The first-order chi connectivity index (χ1) is 10.2. The van der Waals surface area contributed by atoms with Crippen LogP contribution >= 0.6 is 0 Å². The summed E-state index contributed by atoms with van der Waals surface area (Å²) in [4.78, 5) is 2.18. The summed E-state index contributed by atoms with van der Waals surface area (Å²) in [6, 6.07) is 9.93. The van der Waals surface area contributed by atoms with Crippen LogP contribution in [0.1, 0.15) is 25.7 Å². The lowest BCUT2D eigenvalue weighted by atomic mass is 9.89. The SMILES string of the molecule is CN(C)CCCN[C@H]1CCC[C@@H](Oc2ccccc2)[C@@H]1O. The van der Waals surface area contributed by atoms with Gasteiger partial charge in [-0.3, -0.25) is 0 Å². The maximum absolute atomic E-state index is 10.5. The second-order valence-electron chi connectivity index (χ2n) is 6.11. The molecule has 0 bridgehead atoms. The number of hydrogen-bond acceptors (Lipinski definition) is 4. The van der Waals surface area contributed by atoms with E-state index in [2.05, 4.69) is 24.3 Å². The van der Waals surface area contributed by atoms with Crippen molar-refractivity contribution in [2.45, 2.75) is 43.9 Å². The van der Waals surface area contributed by atoms with Gasteiger partial charge >= 0.3 is 0 Å². The lowest BCUT2D eigenvalue weighted by Crippen LogP contribution is -2.51. The van der Waals surface area contributed by atoms with Gasteiger partial charge in [-0.25, -0.2) is 0 Å². The monoisotopic (exact) mass is 292 g/mol. The van der Waals surface area contributed by atoms with Crippen LogP contribution in [0.25, 0.3) is 0 Å². The van der Waals surface area contributed by atoms with E-state index < -0.39 is 6.10 Å². The van der Waals surface area contributed by atoms with E-state index in [1.165, 1.54) is 0 Å². The van der Waals surface area contributed by atoms with Crippen LogP contribution in [0.3, 0.4) is 0 Å². The minimum atomic E-state index is -0.432. The van der Waals surface area contributed by atoms with Gasteiger partial charge in [-0.1, -0.05) is 18.2 Å². The summed E-state index contributed by atoms with van der Waals surface area (Å²) in [5, 5.41) is 14.0. The maximum Gasteiger partial charge on any atom is 0.126 e. The molecule has 3 atom stereocenters. The van der Waals surface area contributed by atoms with Crippen molar-refractivity contribution < 1.29 is 9.84 Å². The predicted octanol–water partition coefficient (Wildman–Crippen LogP) is 1.89. The number of hydrogen-bond donors (Lipinski definition) is 2. The van der Waals surface area contributed by atoms with Crippen LogP contribution in [0.2, 0.25) is 0 Å². The van der Waals surface area contributed by atoms with Gasteiger partial charge in [0.2, 0.25) is 0 Å². The number of ether oxygens (including phenoxy) is 1. The van der Waals surface area contributed by atoms with Gasteiger partial charge in [-0.05, 0) is 65.0 Å². The Morgan fingerprint density at radius 3 is 2.71 bits per heavy atom. The van der Waals surface area contributed by atoms with Crippen LogP contribution in [-0.2, 0) is 0 Å². The molecule has 0 amide bonds. The van der Waals surface area contributed by atoms with Gasteiger partial charge in [0.15, 0.2) is 0 Å². The fourth-order valence-corrected chi connectivity index (χ4v) is 2.85. The van der Waals surface area contributed by atoms with Gasteiger partial charge in [0, 0.05) is 6.04 Å². The standard InChI is InChI=1S/C17H28N2O2/c1-19(2)13-7-12-18-15-10-6-11-16(17(15)20)21-14-8-4-3-5-9-14/h3-5,8-9,15-18,20H,6-7,10-13H2,1-2H3/t15-,16+,17+/m0/s1. The molecule has 0 aliphatic heterocycles. The molecule has 0 aromatic heterocycles. The Balaban J connectivity index is 1.79. The Morgan fingerprint density at radius 1 is 1.24 bits per heavy atom. The quantitative estimate of drug-likeness (QED) is 0.753. The largest absolute Gasteiger partial charge is 0.488 e. The fraction of sp³-hybridized carbons (Fsp3) is 0.647. The molecule has 4 heteroatoms. The zero-order valence-corrected chi connectivity index (χ0v) is 13.2. The molecule has 1 aromatic carbocycles. The number of aliphatic hydroxyl groups excluding tert-OH is 1. The lowest BCUT2D eigenvalue weighted by molar-refractivity contribution is -0.0153. The number of aliphatic hydroxyl groups is 1. The van der Waals surface area contributed by atoms with E-state index in [1.54, 1.807) is 0 Å². The molecular formula is C17H28N2O2. The van der Waals surface area contributed by atoms with Gasteiger partial charge in [0.1, 0.15) is 18.0 Å². The molecule has 0 heterocycles. The topological polar surface area (TPSA) is 44.7 Å². The first-order valence-electron chi connectivity index (χ1n) is 7.94. The third-order valence-electron chi connectivity index (χ3n) is 4.02. The van der Waals surface area contributed by atoms with E-state index in [0.717, 1.165) is 44.5 Å². The zero-order valence-electron chi connectivity index (χ0n) is 13.2. The normalized spacial score (nSPS) is 26.0. The molecule has 1 aliphatic rings. The van der Waals surface area contributed by atoms with Crippen LogP contribution in [0.4, 0.5) is 0 Å². The molecule has 2 N–H and O–H groups in total. The Morgan fingerprint density at radius 2 is 2.00 bits per heavy atom. The number of nitrogens with one attached hydrogen (secondary N) is 1. The second-order valence-corrected chi connectivity index (χ2v) is 6.11. The summed E-state index contributed by atoms with van der Waals surface area (Å²) in [6.45, 7) is 2.01. The number of para-hydroxylation sites is 1. The minimum Gasteiger partial charge on any atom is -0.488 e. The first kappa shape index (κ1) is 16.3. The minimum absolute atomic E-state index is 0.104. The predicted molar refractivity (Wildman–Crippen MR) is 85.7 cm³/mol. The molecule has 0 saturated heterocycles. The average molecular weight is 292 g/mol.